The summed E-state index contributed by atoms with van der Waals surface area (Å²) in [5.41, 5.74) is 16.6. The van der Waals surface area contributed by atoms with Gasteiger partial charge >= 0.3 is 0 Å². The number of thiophene rings is 1. The third-order valence-corrected chi connectivity index (χ3v) is 11.6. The average molecular weight is 655 g/mol. The van der Waals surface area contributed by atoms with Crippen molar-refractivity contribution in [1.29, 1.82) is 10.5 Å². The molecule has 2 atom stereocenters. The van der Waals surface area contributed by atoms with E-state index >= 15 is 0 Å². The molecule has 0 spiro atoms. The number of nitrogens with zero attached hydrogens (tertiary/aromatic N) is 4. The van der Waals surface area contributed by atoms with Crippen LogP contribution in [0.2, 0.25) is 0 Å². The van der Waals surface area contributed by atoms with Gasteiger partial charge in [-0.2, -0.15) is 10.5 Å². The van der Waals surface area contributed by atoms with E-state index < -0.39 is 0 Å². The Kier molecular flexibility index (Phi) is 6.09. The second-order valence-electron chi connectivity index (χ2n) is 12.9. The van der Waals surface area contributed by atoms with Gasteiger partial charge in [0.1, 0.15) is 11.6 Å². The molecule has 4 nitrogen and oxygen atoms in total. The van der Waals surface area contributed by atoms with Crippen LogP contribution in [0.3, 0.4) is 0 Å². The van der Waals surface area contributed by atoms with Crippen LogP contribution in [0.5, 0.6) is 0 Å². The number of rotatable bonds is 3. The van der Waals surface area contributed by atoms with Crippen molar-refractivity contribution < 1.29 is 0 Å². The maximum atomic E-state index is 10.1. The molecule has 10 rings (SSSR count). The van der Waals surface area contributed by atoms with Crippen LogP contribution in [0.1, 0.15) is 29.7 Å². The summed E-state index contributed by atoms with van der Waals surface area (Å²) < 4.78 is 7.04. The first kappa shape index (κ1) is 28.4. The van der Waals surface area contributed by atoms with Crippen LogP contribution in [0.15, 0.2) is 138 Å². The summed E-state index contributed by atoms with van der Waals surface area (Å²) in [4.78, 5) is 0. The van der Waals surface area contributed by atoms with E-state index in [1.165, 1.54) is 37.3 Å². The number of nitriles is 2. The quantitative estimate of drug-likeness (QED) is 0.178. The standard InChI is InChI=1S/C45H26N4S/c1-27-29(26-47)19-23-40-42(27)37-13-6-8-17-39(37)49(40)41-24-28(25-46)18-20-32(41)34-14-9-15-35-36-22-21-33-31-12-5-7-16-38(31)48(30-10-3-2-4-11-30)43(33)45(36)50-44(34)35/h2-17,19,21-24,27,29H,1H3/t27?,29-/m1/s1. The van der Waals surface area contributed by atoms with Gasteiger partial charge in [-0.05, 0) is 42.0 Å². The Balaban J connectivity index is 1.27. The van der Waals surface area contributed by atoms with E-state index in [2.05, 4.69) is 149 Å². The number of para-hydroxylation sites is 3. The number of hydrogen-bond donors (Lipinski definition) is 0. The van der Waals surface area contributed by atoms with Crippen LogP contribution in [-0.4, -0.2) is 9.13 Å². The first-order valence-corrected chi connectivity index (χ1v) is 17.5. The molecular weight excluding hydrogens is 629 g/mol. The van der Waals surface area contributed by atoms with E-state index in [9.17, 15) is 10.5 Å². The minimum Gasteiger partial charge on any atom is -0.308 e. The molecule has 0 aliphatic heterocycles. The molecule has 0 saturated heterocycles. The zero-order chi connectivity index (χ0) is 33.5. The van der Waals surface area contributed by atoms with Crippen molar-refractivity contribution in [3.8, 4) is 17.8 Å². The molecule has 3 heterocycles. The molecule has 2 aliphatic rings. The molecule has 2 aliphatic carbocycles. The van der Waals surface area contributed by atoms with Gasteiger partial charge < -0.3 is 9.13 Å². The van der Waals surface area contributed by atoms with Gasteiger partial charge in [0.05, 0.1) is 50.2 Å². The number of fused-ring (bicyclic) bond motifs is 10. The van der Waals surface area contributed by atoms with Gasteiger partial charge in [-0.15, -0.1) is 11.3 Å². The monoisotopic (exact) mass is 654 g/mol. The number of hydrogen-bond acceptors (Lipinski definition) is 3. The highest BCUT2D eigenvalue weighted by Crippen LogP contribution is 2.48. The van der Waals surface area contributed by atoms with Gasteiger partial charge in [-0.1, -0.05) is 109 Å². The molecule has 5 heteroatoms. The molecule has 0 N–H and O–H groups in total. The highest BCUT2D eigenvalue weighted by atomic mass is 32.1. The SMILES string of the molecule is CC1c2c(n(C3=CC(C#N)=C=C=C3c3cccc4c3sc3c4ccc4c5ccccc5n(-c5ccccc5)c43)c3ccccc23)C=C[C@@H]1C#N. The first-order valence-electron chi connectivity index (χ1n) is 16.7. The minimum atomic E-state index is -0.206. The average Bonchev–Trinajstić information content (AvgIpc) is 3.83. The summed E-state index contributed by atoms with van der Waals surface area (Å²) in [7, 11) is 0. The normalized spacial score (nSPS) is 16.8. The van der Waals surface area contributed by atoms with Crippen molar-refractivity contribution in [2.24, 2.45) is 5.92 Å². The highest BCUT2D eigenvalue weighted by Gasteiger charge is 2.31. The number of allylic oxidation sites excluding steroid dienone is 5. The zero-order valence-corrected chi connectivity index (χ0v) is 27.8. The van der Waals surface area contributed by atoms with E-state index in [1.807, 2.05) is 29.6 Å². The summed E-state index contributed by atoms with van der Waals surface area (Å²) in [6.07, 6.45) is 6.02. The van der Waals surface area contributed by atoms with E-state index in [0.29, 0.717) is 5.57 Å². The molecule has 1 unspecified atom stereocenters. The second-order valence-corrected chi connectivity index (χ2v) is 14.0. The van der Waals surface area contributed by atoms with Crippen LogP contribution in [0, 0.1) is 28.6 Å². The van der Waals surface area contributed by atoms with Crippen LogP contribution < -0.4 is 0 Å². The Morgan fingerprint density at radius 3 is 2.18 bits per heavy atom. The van der Waals surface area contributed by atoms with E-state index in [4.69, 9.17) is 0 Å². The summed E-state index contributed by atoms with van der Waals surface area (Å²) in [6.45, 7) is 2.13. The van der Waals surface area contributed by atoms with Crippen molar-refractivity contribution in [3.05, 3.63) is 155 Å². The molecule has 232 valence electrons. The van der Waals surface area contributed by atoms with E-state index in [-0.39, 0.29) is 11.8 Å². The Bertz CT molecular complexity index is 3040. The molecule has 8 aromatic rings. The van der Waals surface area contributed by atoms with Crippen LogP contribution in [0.4, 0.5) is 0 Å². The summed E-state index contributed by atoms with van der Waals surface area (Å²) >= 11 is 1.81. The molecule has 0 bridgehead atoms. The summed E-state index contributed by atoms with van der Waals surface area (Å²) in [5.74, 6) is -0.184. The lowest BCUT2D eigenvalue weighted by molar-refractivity contribution is 0.654. The fourth-order valence-corrected chi connectivity index (χ4v) is 9.47. The Labute approximate surface area is 292 Å². The van der Waals surface area contributed by atoms with Crippen molar-refractivity contribution in [3.63, 3.8) is 0 Å². The predicted octanol–water partition coefficient (Wildman–Crippen LogP) is 11.5. The van der Waals surface area contributed by atoms with Crippen LogP contribution in [0.25, 0.3) is 75.9 Å². The minimum absolute atomic E-state index is 0.0223. The van der Waals surface area contributed by atoms with Crippen molar-refractivity contribution >= 4 is 81.6 Å². The van der Waals surface area contributed by atoms with Crippen molar-refractivity contribution in [2.75, 3.05) is 0 Å². The summed E-state index contributed by atoms with van der Waals surface area (Å²) in [5, 5.41) is 26.0. The number of benzene rings is 5. The van der Waals surface area contributed by atoms with Crippen molar-refractivity contribution in [1.82, 2.24) is 9.13 Å². The lowest BCUT2D eigenvalue weighted by atomic mass is 9.83. The number of aromatic nitrogens is 2. The van der Waals surface area contributed by atoms with Crippen LogP contribution in [-0.2, 0) is 0 Å². The van der Waals surface area contributed by atoms with E-state index in [0.717, 1.165) is 49.4 Å². The third kappa shape index (κ3) is 3.86. The lowest BCUT2D eigenvalue weighted by Crippen LogP contribution is -2.12. The maximum absolute atomic E-state index is 10.1. The zero-order valence-electron chi connectivity index (χ0n) is 27.0. The van der Waals surface area contributed by atoms with Gasteiger partial charge in [0.25, 0.3) is 0 Å². The van der Waals surface area contributed by atoms with Crippen molar-refractivity contribution in [2.45, 2.75) is 12.8 Å². The first-order chi connectivity index (χ1) is 24.7. The lowest BCUT2D eigenvalue weighted by Gasteiger charge is -2.22. The Hall–Kier alpha value is -6.58. The van der Waals surface area contributed by atoms with Gasteiger partial charge in [0.15, 0.2) is 0 Å². The Morgan fingerprint density at radius 2 is 1.38 bits per heavy atom. The van der Waals surface area contributed by atoms with Gasteiger partial charge in [-0.3, -0.25) is 0 Å². The fraction of sp³-hybridized carbons (Fsp3) is 0.0667. The topological polar surface area (TPSA) is 57.4 Å². The molecule has 0 fully saturated rings. The van der Waals surface area contributed by atoms with E-state index in [1.54, 1.807) is 0 Å². The summed E-state index contributed by atoms with van der Waals surface area (Å²) in [6, 6.07) is 43.5. The largest absolute Gasteiger partial charge is 0.308 e. The third-order valence-electron chi connectivity index (χ3n) is 10.4. The second kappa shape index (κ2) is 10.7. The smallest absolute Gasteiger partial charge is 0.108 e. The fourth-order valence-electron chi connectivity index (χ4n) is 8.11. The molecular formula is C45H26N4S. The van der Waals surface area contributed by atoms with Gasteiger partial charge in [-0.25, -0.2) is 0 Å². The molecule has 0 saturated carbocycles. The highest BCUT2D eigenvalue weighted by molar-refractivity contribution is 7.27. The molecule has 0 radical (unpaired) electrons. The molecule has 50 heavy (non-hydrogen) atoms. The van der Waals surface area contributed by atoms with Crippen LogP contribution >= 0.6 is 11.3 Å². The van der Waals surface area contributed by atoms with Gasteiger partial charge in [0.2, 0.25) is 0 Å². The predicted molar refractivity (Wildman–Crippen MR) is 206 cm³/mol. The molecule has 3 aromatic heterocycles. The Morgan fingerprint density at radius 1 is 0.680 bits per heavy atom. The molecule has 0 amide bonds. The van der Waals surface area contributed by atoms with Gasteiger partial charge in [0, 0.05) is 48.8 Å². The maximum Gasteiger partial charge on any atom is 0.108 e. The molecule has 5 aromatic carbocycles.